The van der Waals surface area contributed by atoms with Crippen LogP contribution in [0.25, 0.3) is 0 Å². The molecule has 1 aromatic carbocycles. The Bertz CT molecular complexity index is 527. The summed E-state index contributed by atoms with van der Waals surface area (Å²) in [5, 5.41) is 10.7. The lowest BCUT2D eigenvalue weighted by Crippen LogP contribution is -2.31. The summed E-state index contributed by atoms with van der Waals surface area (Å²) in [6, 6.07) is 4.10. The number of amides is 1. The third-order valence-electron chi connectivity index (χ3n) is 3.74. The largest absolute Gasteiger partial charge is 0.341 e. The molecule has 0 aromatic heterocycles. The first-order chi connectivity index (χ1) is 9.49. The van der Waals surface area contributed by atoms with Crippen molar-refractivity contribution in [2.45, 2.75) is 25.7 Å². The Morgan fingerprint density at radius 2 is 2.10 bits per heavy atom. The first-order valence-electron chi connectivity index (χ1n) is 6.68. The smallest absolute Gasteiger partial charge is 0.287 e. The zero-order valence-corrected chi connectivity index (χ0v) is 12.1. The second-order valence-electron chi connectivity index (χ2n) is 5.26. The van der Waals surface area contributed by atoms with Crippen molar-refractivity contribution in [2.75, 3.05) is 13.6 Å². The predicted octanol–water partition coefficient (Wildman–Crippen LogP) is 3.51. The van der Waals surface area contributed by atoms with Crippen molar-refractivity contribution in [3.05, 3.63) is 38.9 Å². The van der Waals surface area contributed by atoms with Crippen molar-refractivity contribution in [3.63, 3.8) is 0 Å². The summed E-state index contributed by atoms with van der Waals surface area (Å²) in [6.07, 6.45) is 4.80. The van der Waals surface area contributed by atoms with Gasteiger partial charge in [-0.3, -0.25) is 14.9 Å². The number of carbonyl (C=O) groups is 1. The highest BCUT2D eigenvalue weighted by Gasteiger charge is 2.21. The monoisotopic (exact) mass is 296 g/mol. The van der Waals surface area contributed by atoms with Gasteiger partial charge in [-0.2, -0.15) is 0 Å². The van der Waals surface area contributed by atoms with Crippen molar-refractivity contribution >= 4 is 23.2 Å². The van der Waals surface area contributed by atoms with Gasteiger partial charge in [-0.15, -0.1) is 0 Å². The van der Waals surface area contributed by atoms with Crippen LogP contribution in [0.1, 0.15) is 36.0 Å². The summed E-state index contributed by atoms with van der Waals surface area (Å²) in [7, 11) is 1.76. The van der Waals surface area contributed by atoms with Crippen LogP contribution in [0.4, 0.5) is 5.69 Å². The molecule has 0 heterocycles. The topological polar surface area (TPSA) is 63.5 Å². The van der Waals surface area contributed by atoms with Crippen molar-refractivity contribution in [1.82, 2.24) is 4.90 Å². The minimum Gasteiger partial charge on any atom is -0.341 e. The number of nitro benzene ring substituents is 1. The van der Waals surface area contributed by atoms with Crippen molar-refractivity contribution < 1.29 is 9.72 Å². The van der Waals surface area contributed by atoms with Gasteiger partial charge in [0.25, 0.3) is 11.6 Å². The summed E-state index contributed by atoms with van der Waals surface area (Å²) in [5.41, 5.74) is 0.211. The average Bonchev–Trinajstić information content (AvgIpc) is 2.90. The van der Waals surface area contributed by atoms with Crippen LogP contribution in [0, 0.1) is 16.0 Å². The van der Waals surface area contributed by atoms with Gasteiger partial charge >= 0.3 is 0 Å². The highest BCUT2D eigenvalue weighted by atomic mass is 35.5. The van der Waals surface area contributed by atoms with Gasteiger partial charge in [0.05, 0.1) is 4.92 Å². The molecule has 1 aliphatic rings. The van der Waals surface area contributed by atoms with Crippen molar-refractivity contribution in [2.24, 2.45) is 5.92 Å². The number of hydrogen-bond donors (Lipinski definition) is 0. The molecule has 0 bridgehead atoms. The second-order valence-corrected chi connectivity index (χ2v) is 5.67. The molecule has 0 radical (unpaired) electrons. The second kappa shape index (κ2) is 6.22. The Labute approximate surface area is 122 Å². The lowest BCUT2D eigenvalue weighted by molar-refractivity contribution is -0.384. The van der Waals surface area contributed by atoms with Crippen LogP contribution in [-0.2, 0) is 0 Å². The lowest BCUT2D eigenvalue weighted by atomic mass is 10.1. The molecule has 1 fully saturated rings. The number of nitro groups is 1. The first-order valence-corrected chi connectivity index (χ1v) is 7.06. The van der Waals surface area contributed by atoms with Gasteiger partial charge in [0.15, 0.2) is 0 Å². The minimum absolute atomic E-state index is 0.00452. The summed E-state index contributed by atoms with van der Waals surface area (Å²) in [6.45, 7) is 0.730. The molecular formula is C14H17ClN2O3. The van der Waals surface area contributed by atoms with E-state index in [9.17, 15) is 14.9 Å². The standard InChI is InChI=1S/C14H17ClN2O3/c1-16(9-10-4-2-3-5-10)14(18)11-6-7-13(17(19)20)12(15)8-11/h6-8,10H,2-5,9H2,1H3. The summed E-state index contributed by atoms with van der Waals surface area (Å²) >= 11 is 5.83. The molecule has 0 aliphatic heterocycles. The predicted molar refractivity (Wildman–Crippen MR) is 77.0 cm³/mol. The van der Waals surface area contributed by atoms with E-state index >= 15 is 0 Å². The Balaban J connectivity index is 2.08. The van der Waals surface area contributed by atoms with Crippen LogP contribution >= 0.6 is 11.6 Å². The molecule has 2 rings (SSSR count). The molecule has 108 valence electrons. The normalized spacial score (nSPS) is 15.3. The number of benzene rings is 1. The van der Waals surface area contributed by atoms with Gasteiger partial charge < -0.3 is 4.90 Å². The molecule has 6 heteroatoms. The Morgan fingerprint density at radius 3 is 2.65 bits per heavy atom. The molecule has 0 N–H and O–H groups in total. The zero-order chi connectivity index (χ0) is 14.7. The van der Waals surface area contributed by atoms with Crippen LogP contribution < -0.4 is 0 Å². The lowest BCUT2D eigenvalue weighted by Gasteiger charge is -2.21. The molecule has 5 nitrogen and oxygen atoms in total. The summed E-state index contributed by atoms with van der Waals surface area (Å²) in [4.78, 5) is 24.1. The van der Waals surface area contributed by atoms with Crippen LogP contribution in [-0.4, -0.2) is 29.3 Å². The molecule has 1 amide bonds. The van der Waals surface area contributed by atoms with Crippen LogP contribution in [0.2, 0.25) is 5.02 Å². The van der Waals surface area contributed by atoms with E-state index in [0.717, 1.165) is 6.54 Å². The van der Waals surface area contributed by atoms with Gasteiger partial charge in [0.1, 0.15) is 5.02 Å². The van der Waals surface area contributed by atoms with E-state index in [0.29, 0.717) is 11.5 Å². The maximum atomic E-state index is 12.3. The van der Waals surface area contributed by atoms with E-state index in [1.807, 2.05) is 0 Å². The number of halogens is 1. The van der Waals surface area contributed by atoms with E-state index in [4.69, 9.17) is 11.6 Å². The molecule has 1 aromatic rings. The van der Waals surface area contributed by atoms with Crippen LogP contribution in [0.3, 0.4) is 0 Å². The molecule has 0 spiro atoms. The van der Waals surface area contributed by atoms with Crippen LogP contribution in [0.5, 0.6) is 0 Å². The third-order valence-corrected chi connectivity index (χ3v) is 4.05. The van der Waals surface area contributed by atoms with E-state index in [1.165, 1.54) is 43.9 Å². The number of carbonyl (C=O) groups excluding carboxylic acids is 1. The van der Waals surface area contributed by atoms with Gasteiger partial charge in [-0.05, 0) is 30.9 Å². The van der Waals surface area contributed by atoms with Crippen LogP contribution in [0.15, 0.2) is 18.2 Å². The van der Waals surface area contributed by atoms with E-state index in [2.05, 4.69) is 0 Å². The number of nitrogens with zero attached hydrogens (tertiary/aromatic N) is 2. The van der Waals surface area contributed by atoms with Gasteiger partial charge in [-0.1, -0.05) is 24.4 Å². The average molecular weight is 297 g/mol. The van der Waals surface area contributed by atoms with Gasteiger partial charge in [-0.25, -0.2) is 0 Å². The minimum atomic E-state index is -0.557. The molecule has 1 aliphatic carbocycles. The molecular weight excluding hydrogens is 280 g/mol. The van der Waals surface area contributed by atoms with Crippen molar-refractivity contribution in [3.8, 4) is 0 Å². The molecule has 0 atom stereocenters. The number of rotatable bonds is 4. The summed E-state index contributed by atoms with van der Waals surface area (Å²) in [5.74, 6) is 0.422. The van der Waals surface area contributed by atoms with E-state index in [1.54, 1.807) is 11.9 Å². The maximum absolute atomic E-state index is 12.3. The SMILES string of the molecule is CN(CC1CCCC1)C(=O)c1ccc([N+](=O)[O-])c(Cl)c1. The molecule has 0 unspecified atom stereocenters. The molecule has 20 heavy (non-hydrogen) atoms. The Morgan fingerprint density at radius 1 is 1.45 bits per heavy atom. The molecule has 0 saturated heterocycles. The zero-order valence-electron chi connectivity index (χ0n) is 11.3. The molecule has 1 saturated carbocycles. The van der Waals surface area contributed by atoms with Gasteiger partial charge in [0.2, 0.25) is 0 Å². The first kappa shape index (κ1) is 14.8. The quantitative estimate of drug-likeness (QED) is 0.631. The Hall–Kier alpha value is -1.62. The fraction of sp³-hybridized carbons (Fsp3) is 0.500. The van der Waals surface area contributed by atoms with Crippen molar-refractivity contribution in [1.29, 1.82) is 0 Å². The highest BCUT2D eigenvalue weighted by molar-refractivity contribution is 6.33. The third kappa shape index (κ3) is 3.28. The number of hydrogen-bond acceptors (Lipinski definition) is 3. The van der Waals surface area contributed by atoms with Gasteiger partial charge in [0, 0.05) is 25.2 Å². The maximum Gasteiger partial charge on any atom is 0.287 e. The fourth-order valence-corrected chi connectivity index (χ4v) is 2.92. The highest BCUT2D eigenvalue weighted by Crippen LogP contribution is 2.27. The fourth-order valence-electron chi connectivity index (χ4n) is 2.67. The van der Waals surface area contributed by atoms with E-state index < -0.39 is 4.92 Å². The Kier molecular flexibility index (Phi) is 4.60. The summed E-state index contributed by atoms with van der Waals surface area (Å²) < 4.78 is 0. The van der Waals surface area contributed by atoms with E-state index in [-0.39, 0.29) is 16.6 Å².